The van der Waals surface area contributed by atoms with Gasteiger partial charge in [-0.05, 0) is 32.1 Å². The lowest BCUT2D eigenvalue weighted by Gasteiger charge is -2.24. The Bertz CT molecular complexity index is 605. The minimum atomic E-state index is 0.220. The van der Waals surface area contributed by atoms with Crippen LogP contribution < -0.4 is 5.73 Å². The SMILES string of the molecule is CCN(CC)CC(C)n1c(N)nc2cc(Cl)c(Cl)cc21. The summed E-state index contributed by atoms with van der Waals surface area (Å²) in [5.74, 6) is 0.498. The van der Waals surface area contributed by atoms with Crippen molar-refractivity contribution in [2.75, 3.05) is 25.4 Å². The van der Waals surface area contributed by atoms with Crippen molar-refractivity contribution in [1.82, 2.24) is 14.5 Å². The number of nitrogen functional groups attached to an aromatic ring is 1. The Labute approximate surface area is 129 Å². The molecule has 0 aliphatic rings. The lowest BCUT2D eigenvalue weighted by Crippen LogP contribution is -2.29. The second kappa shape index (κ2) is 6.20. The van der Waals surface area contributed by atoms with Gasteiger partial charge in [-0.15, -0.1) is 0 Å². The van der Waals surface area contributed by atoms with Crippen LogP contribution in [0.1, 0.15) is 26.8 Å². The molecule has 4 nitrogen and oxygen atoms in total. The summed E-state index contributed by atoms with van der Waals surface area (Å²) in [5.41, 5.74) is 7.77. The van der Waals surface area contributed by atoms with Crippen molar-refractivity contribution in [3.63, 3.8) is 0 Å². The zero-order valence-corrected chi connectivity index (χ0v) is 13.5. The number of fused-ring (bicyclic) bond motifs is 1. The van der Waals surface area contributed by atoms with Crippen molar-refractivity contribution in [3.05, 3.63) is 22.2 Å². The van der Waals surface area contributed by atoms with Gasteiger partial charge in [0.25, 0.3) is 0 Å². The number of rotatable bonds is 5. The Balaban J connectivity index is 2.42. The topological polar surface area (TPSA) is 47.1 Å². The zero-order valence-electron chi connectivity index (χ0n) is 12.0. The first-order chi connectivity index (χ1) is 9.47. The number of imidazole rings is 1. The van der Waals surface area contributed by atoms with E-state index in [1.54, 1.807) is 6.07 Å². The Morgan fingerprint density at radius 1 is 1.25 bits per heavy atom. The Hall–Kier alpha value is -0.970. The molecule has 0 saturated carbocycles. The van der Waals surface area contributed by atoms with Gasteiger partial charge in [-0.1, -0.05) is 37.0 Å². The van der Waals surface area contributed by atoms with Crippen LogP contribution in [0.15, 0.2) is 12.1 Å². The van der Waals surface area contributed by atoms with E-state index in [0.717, 1.165) is 30.7 Å². The molecule has 1 unspecified atom stereocenters. The summed E-state index contributed by atoms with van der Waals surface area (Å²) in [5, 5.41) is 1.02. The largest absolute Gasteiger partial charge is 0.369 e. The molecule has 20 heavy (non-hydrogen) atoms. The third-order valence-corrected chi connectivity index (χ3v) is 4.34. The normalized spacial score (nSPS) is 13.3. The predicted molar refractivity (Wildman–Crippen MR) is 86.7 cm³/mol. The summed E-state index contributed by atoms with van der Waals surface area (Å²) in [6.45, 7) is 9.39. The first kappa shape index (κ1) is 15.4. The predicted octanol–water partition coefficient (Wildman–Crippen LogP) is 3.83. The van der Waals surface area contributed by atoms with E-state index in [-0.39, 0.29) is 6.04 Å². The first-order valence-corrected chi connectivity index (χ1v) is 7.58. The maximum atomic E-state index is 6.11. The summed E-state index contributed by atoms with van der Waals surface area (Å²) in [7, 11) is 0. The number of hydrogen-bond donors (Lipinski definition) is 1. The Morgan fingerprint density at radius 2 is 1.85 bits per heavy atom. The standard InChI is InChI=1S/C14H20Cl2N4/c1-4-19(5-2)8-9(3)20-13-7-11(16)10(15)6-12(13)18-14(20)17/h6-7,9H,4-5,8H2,1-3H3,(H2,17,18). The van der Waals surface area contributed by atoms with Crippen LogP contribution in [0, 0.1) is 0 Å². The van der Waals surface area contributed by atoms with Crippen LogP contribution in [0.2, 0.25) is 10.0 Å². The third-order valence-electron chi connectivity index (χ3n) is 3.62. The molecule has 2 aromatic rings. The smallest absolute Gasteiger partial charge is 0.201 e. The van der Waals surface area contributed by atoms with E-state index in [2.05, 4.69) is 30.7 Å². The highest BCUT2D eigenvalue weighted by Crippen LogP contribution is 2.31. The molecule has 2 N–H and O–H groups in total. The molecule has 1 aromatic heterocycles. The molecule has 0 fully saturated rings. The number of nitrogens with two attached hydrogens (primary N) is 1. The highest BCUT2D eigenvalue weighted by atomic mass is 35.5. The highest BCUT2D eigenvalue weighted by molar-refractivity contribution is 6.42. The number of benzene rings is 1. The molecule has 0 radical (unpaired) electrons. The van der Waals surface area contributed by atoms with Crippen molar-refractivity contribution >= 4 is 40.2 Å². The maximum Gasteiger partial charge on any atom is 0.201 e. The van der Waals surface area contributed by atoms with Gasteiger partial charge < -0.3 is 15.2 Å². The first-order valence-electron chi connectivity index (χ1n) is 6.82. The van der Waals surface area contributed by atoms with E-state index in [4.69, 9.17) is 28.9 Å². The van der Waals surface area contributed by atoms with Crippen molar-refractivity contribution in [3.8, 4) is 0 Å². The van der Waals surface area contributed by atoms with E-state index in [0.29, 0.717) is 16.0 Å². The molecule has 0 spiro atoms. The molecular formula is C14H20Cl2N4. The van der Waals surface area contributed by atoms with Crippen LogP contribution in [-0.4, -0.2) is 34.1 Å². The van der Waals surface area contributed by atoms with Crippen molar-refractivity contribution in [2.45, 2.75) is 26.8 Å². The van der Waals surface area contributed by atoms with Crippen LogP contribution in [0.25, 0.3) is 11.0 Å². The van der Waals surface area contributed by atoms with Gasteiger partial charge in [0.1, 0.15) is 0 Å². The molecule has 6 heteroatoms. The van der Waals surface area contributed by atoms with Gasteiger partial charge in [0.05, 0.1) is 21.1 Å². The summed E-state index contributed by atoms with van der Waals surface area (Å²) >= 11 is 12.1. The minimum Gasteiger partial charge on any atom is -0.369 e. The third kappa shape index (κ3) is 2.87. The second-order valence-corrected chi connectivity index (χ2v) is 5.74. The molecule has 0 aliphatic carbocycles. The molecule has 2 rings (SSSR count). The van der Waals surface area contributed by atoms with E-state index in [1.807, 2.05) is 10.6 Å². The van der Waals surface area contributed by atoms with Crippen molar-refractivity contribution in [2.24, 2.45) is 0 Å². The quantitative estimate of drug-likeness (QED) is 0.912. The fourth-order valence-electron chi connectivity index (χ4n) is 2.51. The summed E-state index contributed by atoms with van der Waals surface area (Å²) < 4.78 is 2.02. The molecule has 0 amide bonds. The molecule has 1 atom stereocenters. The Morgan fingerprint density at radius 3 is 2.45 bits per heavy atom. The van der Waals surface area contributed by atoms with Gasteiger partial charge >= 0.3 is 0 Å². The van der Waals surface area contributed by atoms with E-state index < -0.39 is 0 Å². The minimum absolute atomic E-state index is 0.220. The summed E-state index contributed by atoms with van der Waals surface area (Å²) in [4.78, 5) is 6.73. The van der Waals surface area contributed by atoms with Gasteiger partial charge in [0.2, 0.25) is 5.95 Å². The van der Waals surface area contributed by atoms with Crippen LogP contribution in [0.4, 0.5) is 5.95 Å². The lowest BCUT2D eigenvalue weighted by atomic mass is 10.2. The average molecular weight is 315 g/mol. The van der Waals surface area contributed by atoms with Crippen LogP contribution >= 0.6 is 23.2 Å². The monoisotopic (exact) mass is 314 g/mol. The number of aromatic nitrogens is 2. The van der Waals surface area contributed by atoms with Gasteiger partial charge in [-0.2, -0.15) is 0 Å². The summed E-state index contributed by atoms with van der Waals surface area (Å²) in [6.07, 6.45) is 0. The molecule has 110 valence electrons. The average Bonchev–Trinajstić information content (AvgIpc) is 2.71. The fraction of sp³-hybridized carbons (Fsp3) is 0.500. The van der Waals surface area contributed by atoms with Gasteiger partial charge in [-0.3, -0.25) is 0 Å². The fourth-order valence-corrected chi connectivity index (χ4v) is 2.83. The van der Waals surface area contributed by atoms with Crippen LogP contribution in [0.3, 0.4) is 0 Å². The molecular weight excluding hydrogens is 295 g/mol. The lowest BCUT2D eigenvalue weighted by molar-refractivity contribution is 0.264. The van der Waals surface area contributed by atoms with Gasteiger partial charge in [-0.25, -0.2) is 4.98 Å². The molecule has 0 saturated heterocycles. The molecule has 0 aliphatic heterocycles. The molecule has 1 heterocycles. The number of halogens is 2. The van der Waals surface area contributed by atoms with Gasteiger partial charge in [0.15, 0.2) is 0 Å². The van der Waals surface area contributed by atoms with Crippen molar-refractivity contribution in [1.29, 1.82) is 0 Å². The van der Waals surface area contributed by atoms with Gasteiger partial charge in [0, 0.05) is 12.6 Å². The molecule has 0 bridgehead atoms. The van der Waals surface area contributed by atoms with Crippen molar-refractivity contribution < 1.29 is 0 Å². The zero-order chi connectivity index (χ0) is 14.9. The van der Waals surface area contributed by atoms with Crippen LogP contribution in [0.5, 0.6) is 0 Å². The number of anilines is 1. The van der Waals surface area contributed by atoms with E-state index in [1.165, 1.54) is 0 Å². The molecule has 1 aromatic carbocycles. The summed E-state index contributed by atoms with van der Waals surface area (Å²) in [6, 6.07) is 3.81. The maximum absolute atomic E-state index is 6.11. The van der Waals surface area contributed by atoms with Crippen LogP contribution in [-0.2, 0) is 0 Å². The number of likely N-dealkylation sites (N-methyl/N-ethyl adjacent to an activating group) is 1. The van der Waals surface area contributed by atoms with E-state index in [9.17, 15) is 0 Å². The highest BCUT2D eigenvalue weighted by Gasteiger charge is 2.17. The number of hydrogen-bond acceptors (Lipinski definition) is 3. The van der Waals surface area contributed by atoms with E-state index >= 15 is 0 Å². The second-order valence-electron chi connectivity index (χ2n) is 4.93. The Kier molecular flexibility index (Phi) is 4.78. The number of nitrogens with zero attached hydrogens (tertiary/aromatic N) is 3.